The first-order chi connectivity index (χ1) is 6.45. The maximum Gasteiger partial charge on any atom is 0.338 e. The molecule has 14 heavy (non-hydrogen) atoms. The first kappa shape index (κ1) is 11.0. The van der Waals surface area contributed by atoms with E-state index in [1.165, 1.54) is 0 Å². The summed E-state index contributed by atoms with van der Waals surface area (Å²) in [5, 5.41) is 8.53. The third-order valence-corrected chi connectivity index (χ3v) is 2.31. The van der Waals surface area contributed by atoms with E-state index < -0.39 is 33.9 Å². The SMILES string of the molecule is O=C(O)c1cnc(F)c(C(F)F)c1Br. The van der Waals surface area contributed by atoms with Crippen LogP contribution in [0.1, 0.15) is 22.3 Å². The summed E-state index contributed by atoms with van der Waals surface area (Å²) in [4.78, 5) is 13.4. The lowest BCUT2D eigenvalue weighted by Crippen LogP contribution is -2.05. The van der Waals surface area contributed by atoms with Gasteiger partial charge in [-0.2, -0.15) is 4.39 Å². The molecule has 1 N–H and O–H groups in total. The number of rotatable bonds is 2. The van der Waals surface area contributed by atoms with Gasteiger partial charge in [0.25, 0.3) is 6.43 Å². The van der Waals surface area contributed by atoms with Crippen molar-refractivity contribution in [1.82, 2.24) is 4.98 Å². The zero-order valence-corrected chi connectivity index (χ0v) is 8.06. The minimum Gasteiger partial charge on any atom is -0.478 e. The standard InChI is InChI=1S/C7H3BrF3NO2/c8-4-2(7(13)14)1-12-6(11)3(4)5(9)10/h1,5H,(H,13,14). The lowest BCUT2D eigenvalue weighted by atomic mass is 10.2. The van der Waals surface area contributed by atoms with Gasteiger partial charge in [-0.15, -0.1) is 0 Å². The first-order valence-corrected chi connectivity index (χ1v) is 4.09. The smallest absolute Gasteiger partial charge is 0.338 e. The van der Waals surface area contributed by atoms with Gasteiger partial charge in [-0.25, -0.2) is 18.6 Å². The van der Waals surface area contributed by atoms with E-state index >= 15 is 0 Å². The van der Waals surface area contributed by atoms with Gasteiger partial charge in [-0.05, 0) is 15.9 Å². The minimum absolute atomic E-state index is 0.479. The van der Waals surface area contributed by atoms with Crippen LogP contribution < -0.4 is 0 Å². The molecule has 1 heterocycles. The second-order valence-electron chi connectivity index (χ2n) is 2.30. The van der Waals surface area contributed by atoms with Gasteiger partial charge in [-0.3, -0.25) is 0 Å². The third-order valence-electron chi connectivity index (χ3n) is 1.45. The highest BCUT2D eigenvalue weighted by molar-refractivity contribution is 9.10. The van der Waals surface area contributed by atoms with Gasteiger partial charge in [0.2, 0.25) is 5.95 Å². The number of hydrogen-bond acceptors (Lipinski definition) is 2. The van der Waals surface area contributed by atoms with E-state index in [1.807, 2.05) is 0 Å². The molecule has 1 rings (SSSR count). The molecule has 7 heteroatoms. The van der Waals surface area contributed by atoms with Crippen molar-refractivity contribution in [2.45, 2.75) is 6.43 Å². The highest BCUT2D eigenvalue weighted by atomic mass is 79.9. The zero-order valence-electron chi connectivity index (χ0n) is 6.47. The first-order valence-electron chi connectivity index (χ1n) is 3.30. The van der Waals surface area contributed by atoms with E-state index in [4.69, 9.17) is 5.11 Å². The van der Waals surface area contributed by atoms with Crippen LogP contribution in [0.15, 0.2) is 10.7 Å². The second-order valence-corrected chi connectivity index (χ2v) is 3.09. The summed E-state index contributed by atoms with van der Waals surface area (Å²) in [6.45, 7) is 0. The number of nitrogens with zero attached hydrogens (tertiary/aromatic N) is 1. The van der Waals surface area contributed by atoms with Crippen molar-refractivity contribution in [1.29, 1.82) is 0 Å². The topological polar surface area (TPSA) is 50.2 Å². The number of halogens is 4. The fourth-order valence-corrected chi connectivity index (χ4v) is 1.43. The molecule has 0 unspecified atom stereocenters. The van der Waals surface area contributed by atoms with E-state index in [1.54, 1.807) is 0 Å². The Balaban J connectivity index is 3.41. The van der Waals surface area contributed by atoms with Gasteiger partial charge in [0, 0.05) is 10.7 Å². The Morgan fingerprint density at radius 2 is 2.14 bits per heavy atom. The van der Waals surface area contributed by atoms with Gasteiger partial charge in [0.1, 0.15) is 0 Å². The number of hydrogen-bond donors (Lipinski definition) is 1. The van der Waals surface area contributed by atoms with Gasteiger partial charge in [0.15, 0.2) is 0 Å². The molecule has 0 radical (unpaired) electrons. The largest absolute Gasteiger partial charge is 0.478 e. The van der Waals surface area contributed by atoms with Crippen LogP contribution in [0, 0.1) is 5.95 Å². The molecule has 0 spiro atoms. The molecule has 3 nitrogen and oxygen atoms in total. The number of aromatic nitrogens is 1. The quantitative estimate of drug-likeness (QED) is 0.840. The van der Waals surface area contributed by atoms with E-state index in [9.17, 15) is 18.0 Å². The second kappa shape index (κ2) is 3.95. The van der Waals surface area contributed by atoms with Gasteiger partial charge >= 0.3 is 5.97 Å². The molecule has 0 fully saturated rings. The molecule has 0 aliphatic carbocycles. The van der Waals surface area contributed by atoms with Crippen LogP contribution >= 0.6 is 15.9 Å². The van der Waals surface area contributed by atoms with Crippen LogP contribution in [0.25, 0.3) is 0 Å². The number of carboxylic acids is 1. The predicted molar refractivity (Wildman–Crippen MR) is 43.8 cm³/mol. The van der Waals surface area contributed by atoms with E-state index in [0.717, 1.165) is 0 Å². The molecule has 1 aromatic rings. The number of alkyl halides is 2. The van der Waals surface area contributed by atoms with Crippen molar-refractivity contribution in [2.24, 2.45) is 0 Å². The Hall–Kier alpha value is -1.11. The molecule has 0 aliphatic heterocycles. The van der Waals surface area contributed by atoms with Crippen LogP contribution in [0.5, 0.6) is 0 Å². The third kappa shape index (κ3) is 1.87. The zero-order chi connectivity index (χ0) is 10.9. The van der Waals surface area contributed by atoms with Crippen LogP contribution in [-0.4, -0.2) is 16.1 Å². The Morgan fingerprint density at radius 1 is 1.57 bits per heavy atom. The average Bonchev–Trinajstić information content (AvgIpc) is 2.02. The molecular weight excluding hydrogens is 267 g/mol. The van der Waals surface area contributed by atoms with Crippen molar-refractivity contribution in [2.75, 3.05) is 0 Å². The van der Waals surface area contributed by atoms with Crippen molar-refractivity contribution < 1.29 is 23.1 Å². The van der Waals surface area contributed by atoms with Crippen LogP contribution in [-0.2, 0) is 0 Å². The number of carbonyl (C=O) groups is 1. The molecule has 1 aromatic heterocycles. The van der Waals surface area contributed by atoms with Crippen molar-refractivity contribution in [3.63, 3.8) is 0 Å². The summed E-state index contributed by atoms with van der Waals surface area (Å²) >= 11 is 2.59. The van der Waals surface area contributed by atoms with E-state index in [0.29, 0.717) is 6.20 Å². The molecule has 0 bridgehead atoms. The number of pyridine rings is 1. The Morgan fingerprint density at radius 3 is 2.57 bits per heavy atom. The minimum atomic E-state index is -3.11. The average molecular weight is 270 g/mol. The van der Waals surface area contributed by atoms with Gasteiger partial charge in [0.05, 0.1) is 11.1 Å². The van der Waals surface area contributed by atoms with Crippen molar-refractivity contribution in [3.8, 4) is 0 Å². The Labute approximate surface area is 84.7 Å². The van der Waals surface area contributed by atoms with E-state index in [2.05, 4.69) is 20.9 Å². The highest BCUT2D eigenvalue weighted by Gasteiger charge is 2.23. The monoisotopic (exact) mass is 269 g/mol. The molecular formula is C7H3BrF3NO2. The maximum atomic E-state index is 12.7. The molecule has 76 valence electrons. The molecule has 0 aromatic carbocycles. The Bertz CT molecular complexity index is 383. The molecule has 0 atom stereocenters. The summed E-state index contributed by atoms with van der Waals surface area (Å²) < 4.78 is 36.7. The molecule has 0 saturated heterocycles. The number of aromatic carboxylic acids is 1. The Kier molecular flexibility index (Phi) is 3.10. The van der Waals surface area contributed by atoms with Crippen molar-refractivity contribution >= 4 is 21.9 Å². The van der Waals surface area contributed by atoms with Crippen LogP contribution in [0.2, 0.25) is 0 Å². The summed E-state index contributed by atoms with van der Waals surface area (Å²) in [5.74, 6) is -2.83. The predicted octanol–water partition coefficient (Wildman–Crippen LogP) is 2.62. The van der Waals surface area contributed by atoms with E-state index in [-0.39, 0.29) is 0 Å². The molecule has 0 aliphatic rings. The maximum absolute atomic E-state index is 12.7. The lowest BCUT2D eigenvalue weighted by Gasteiger charge is -2.06. The highest BCUT2D eigenvalue weighted by Crippen LogP contribution is 2.31. The summed E-state index contributed by atoms with van der Waals surface area (Å²) in [5.41, 5.74) is -1.54. The van der Waals surface area contributed by atoms with Crippen LogP contribution in [0.4, 0.5) is 13.2 Å². The summed E-state index contributed by atoms with van der Waals surface area (Å²) in [7, 11) is 0. The normalized spacial score (nSPS) is 10.6. The van der Waals surface area contributed by atoms with Gasteiger partial charge < -0.3 is 5.11 Å². The van der Waals surface area contributed by atoms with Gasteiger partial charge in [-0.1, -0.05) is 0 Å². The van der Waals surface area contributed by atoms with Crippen LogP contribution in [0.3, 0.4) is 0 Å². The fourth-order valence-electron chi connectivity index (χ4n) is 0.818. The molecule has 0 saturated carbocycles. The summed E-state index contributed by atoms with van der Waals surface area (Å²) in [6.07, 6.45) is -2.44. The lowest BCUT2D eigenvalue weighted by molar-refractivity contribution is 0.0694. The van der Waals surface area contributed by atoms with Crippen molar-refractivity contribution in [3.05, 3.63) is 27.7 Å². The molecule has 0 amide bonds. The number of carboxylic acid groups (broad SMARTS) is 1. The summed E-state index contributed by atoms with van der Waals surface area (Å²) in [6, 6.07) is 0. The fraction of sp³-hybridized carbons (Fsp3) is 0.143.